The number of carbonyl (C=O) groups is 1. The Bertz CT molecular complexity index is 638. The molecule has 0 aliphatic rings. The summed E-state index contributed by atoms with van der Waals surface area (Å²) in [5, 5.41) is 6.48. The Morgan fingerprint density at radius 3 is 2.86 bits per heavy atom. The predicted octanol–water partition coefficient (Wildman–Crippen LogP) is 3.16. The molecule has 4 nitrogen and oxygen atoms in total. The molecule has 1 aromatic carbocycles. The average Bonchev–Trinajstić information content (AvgIpc) is 2.93. The summed E-state index contributed by atoms with van der Waals surface area (Å²) in [6, 6.07) is 9.51. The maximum Gasteiger partial charge on any atom is 0.245 e. The minimum atomic E-state index is -0.144. The number of hydrogen-bond donors (Lipinski definition) is 1. The van der Waals surface area contributed by atoms with Gasteiger partial charge in [0.2, 0.25) is 5.91 Å². The lowest BCUT2D eigenvalue weighted by Gasteiger charge is -2.12. The van der Waals surface area contributed by atoms with Crippen molar-refractivity contribution < 1.29 is 4.79 Å². The Morgan fingerprint density at radius 1 is 1.43 bits per heavy atom. The third kappa shape index (κ3) is 4.58. The summed E-state index contributed by atoms with van der Waals surface area (Å²) >= 11 is 7.72. The van der Waals surface area contributed by atoms with Gasteiger partial charge in [-0.15, -0.1) is 11.3 Å². The van der Waals surface area contributed by atoms with E-state index in [1.54, 1.807) is 17.6 Å². The number of benzene rings is 1. The third-order valence-electron chi connectivity index (χ3n) is 2.81. The molecule has 110 valence electrons. The van der Waals surface area contributed by atoms with Gasteiger partial charge in [0.1, 0.15) is 0 Å². The summed E-state index contributed by atoms with van der Waals surface area (Å²) in [7, 11) is 3.90. The van der Waals surface area contributed by atoms with Gasteiger partial charge in [0.15, 0.2) is 0 Å². The van der Waals surface area contributed by atoms with Gasteiger partial charge in [0, 0.05) is 30.2 Å². The molecule has 0 saturated heterocycles. The number of carbonyl (C=O) groups excluding carboxylic acids is 1. The normalized spacial score (nSPS) is 10.8. The molecule has 0 spiro atoms. The number of anilines is 1. The molecule has 2 rings (SSSR count). The van der Waals surface area contributed by atoms with Crippen molar-refractivity contribution in [1.82, 2.24) is 5.43 Å². The highest BCUT2D eigenvalue weighted by Gasteiger charge is 2.03. The van der Waals surface area contributed by atoms with Crippen molar-refractivity contribution in [2.24, 2.45) is 5.10 Å². The van der Waals surface area contributed by atoms with Gasteiger partial charge in [-0.05, 0) is 29.6 Å². The van der Waals surface area contributed by atoms with E-state index < -0.39 is 0 Å². The van der Waals surface area contributed by atoms with E-state index in [-0.39, 0.29) is 5.91 Å². The number of hydrazone groups is 1. The summed E-state index contributed by atoms with van der Waals surface area (Å²) < 4.78 is 0. The van der Waals surface area contributed by atoms with Gasteiger partial charge < -0.3 is 4.90 Å². The molecule has 0 aliphatic carbocycles. The van der Waals surface area contributed by atoms with Crippen LogP contribution in [0.3, 0.4) is 0 Å². The van der Waals surface area contributed by atoms with E-state index in [0.717, 1.165) is 16.1 Å². The fourth-order valence-electron chi connectivity index (χ4n) is 1.68. The van der Waals surface area contributed by atoms with Gasteiger partial charge >= 0.3 is 0 Å². The van der Waals surface area contributed by atoms with Crippen molar-refractivity contribution in [1.29, 1.82) is 0 Å². The van der Waals surface area contributed by atoms with Crippen LogP contribution in [0.5, 0.6) is 0 Å². The number of halogens is 1. The lowest BCUT2D eigenvalue weighted by Crippen LogP contribution is -2.19. The second-order valence-electron chi connectivity index (χ2n) is 4.65. The molecule has 6 heteroatoms. The average molecular weight is 322 g/mol. The first-order valence-electron chi connectivity index (χ1n) is 6.37. The quantitative estimate of drug-likeness (QED) is 0.679. The minimum Gasteiger partial charge on any atom is -0.378 e. The van der Waals surface area contributed by atoms with Crippen molar-refractivity contribution in [2.45, 2.75) is 6.42 Å². The molecular formula is C15H16ClN3OS. The Hall–Kier alpha value is -1.85. The fourth-order valence-corrected chi connectivity index (χ4v) is 2.61. The van der Waals surface area contributed by atoms with Crippen LogP contribution in [-0.4, -0.2) is 26.2 Å². The molecule has 0 aliphatic heterocycles. The molecule has 0 saturated carbocycles. The maximum absolute atomic E-state index is 11.7. The lowest BCUT2D eigenvalue weighted by molar-refractivity contribution is -0.120. The number of amides is 1. The minimum absolute atomic E-state index is 0.144. The first kappa shape index (κ1) is 15.5. The Labute approximate surface area is 133 Å². The van der Waals surface area contributed by atoms with Crippen LogP contribution >= 0.6 is 22.9 Å². The first-order chi connectivity index (χ1) is 10.1. The van der Waals surface area contributed by atoms with Gasteiger partial charge in [-0.2, -0.15) is 5.10 Å². The van der Waals surface area contributed by atoms with Crippen molar-refractivity contribution in [3.8, 4) is 0 Å². The van der Waals surface area contributed by atoms with E-state index in [9.17, 15) is 4.79 Å². The predicted molar refractivity (Wildman–Crippen MR) is 89.5 cm³/mol. The largest absolute Gasteiger partial charge is 0.378 e. The van der Waals surface area contributed by atoms with Gasteiger partial charge in [0.05, 0.1) is 17.7 Å². The molecule has 1 aromatic heterocycles. The zero-order valence-corrected chi connectivity index (χ0v) is 13.4. The molecule has 1 heterocycles. The first-order valence-corrected chi connectivity index (χ1v) is 7.63. The summed E-state index contributed by atoms with van der Waals surface area (Å²) in [6.07, 6.45) is 1.89. The van der Waals surface area contributed by atoms with Crippen molar-refractivity contribution in [2.75, 3.05) is 19.0 Å². The second kappa shape index (κ2) is 7.24. The number of nitrogens with zero attached hydrogens (tertiary/aromatic N) is 2. The highest BCUT2D eigenvalue weighted by molar-refractivity contribution is 7.10. The smallest absolute Gasteiger partial charge is 0.245 e. The van der Waals surface area contributed by atoms with E-state index in [4.69, 9.17) is 11.6 Å². The van der Waals surface area contributed by atoms with Crippen LogP contribution in [0.1, 0.15) is 10.4 Å². The third-order valence-corrected chi connectivity index (χ3v) is 4.01. The van der Waals surface area contributed by atoms with E-state index in [0.29, 0.717) is 11.4 Å². The molecule has 0 bridgehead atoms. The van der Waals surface area contributed by atoms with Crippen molar-refractivity contribution in [3.05, 3.63) is 51.2 Å². The highest BCUT2D eigenvalue weighted by atomic mass is 35.5. The molecule has 2 aromatic rings. The van der Waals surface area contributed by atoms with Crippen LogP contribution in [0, 0.1) is 0 Å². The maximum atomic E-state index is 11.7. The van der Waals surface area contributed by atoms with Crippen LogP contribution in [-0.2, 0) is 11.2 Å². The van der Waals surface area contributed by atoms with Crippen LogP contribution < -0.4 is 10.3 Å². The number of hydrogen-bond acceptors (Lipinski definition) is 4. The van der Waals surface area contributed by atoms with E-state index >= 15 is 0 Å². The number of thiophene rings is 1. The Kier molecular flexibility index (Phi) is 5.36. The van der Waals surface area contributed by atoms with Crippen LogP contribution in [0.15, 0.2) is 40.8 Å². The molecule has 1 amide bonds. The van der Waals surface area contributed by atoms with E-state index in [1.165, 1.54) is 0 Å². The van der Waals surface area contributed by atoms with Gasteiger partial charge in [0.25, 0.3) is 0 Å². The zero-order valence-electron chi connectivity index (χ0n) is 11.8. The summed E-state index contributed by atoms with van der Waals surface area (Å²) in [5.41, 5.74) is 4.28. The summed E-state index contributed by atoms with van der Waals surface area (Å²) in [6.45, 7) is 0. The monoisotopic (exact) mass is 321 g/mol. The second-order valence-corrected chi connectivity index (χ2v) is 6.09. The molecule has 0 fully saturated rings. The molecular weight excluding hydrogens is 306 g/mol. The van der Waals surface area contributed by atoms with Gasteiger partial charge in [-0.25, -0.2) is 5.43 Å². The fraction of sp³-hybridized carbons (Fsp3) is 0.200. The van der Waals surface area contributed by atoms with Gasteiger partial charge in [-0.3, -0.25) is 4.79 Å². The molecule has 1 N–H and O–H groups in total. The summed E-state index contributed by atoms with van der Waals surface area (Å²) in [4.78, 5) is 14.6. The molecule has 0 atom stereocenters. The topological polar surface area (TPSA) is 44.7 Å². The highest BCUT2D eigenvalue weighted by Crippen LogP contribution is 2.21. The van der Waals surface area contributed by atoms with E-state index in [2.05, 4.69) is 10.5 Å². The molecule has 0 unspecified atom stereocenters. The standard InChI is InChI=1S/C15H16ClN3OS/c1-19(2)12-6-5-11(14(16)8-12)10-17-18-15(20)9-13-4-3-7-21-13/h3-8,10H,9H2,1-2H3,(H,18,20)/b17-10+. The van der Waals surface area contributed by atoms with Crippen molar-refractivity contribution >= 4 is 40.7 Å². The number of nitrogens with one attached hydrogen (secondary N) is 1. The van der Waals surface area contributed by atoms with E-state index in [1.807, 2.05) is 54.7 Å². The Balaban J connectivity index is 1.93. The SMILES string of the molecule is CN(C)c1ccc(/C=N/NC(=O)Cc2cccs2)c(Cl)c1. The summed E-state index contributed by atoms with van der Waals surface area (Å²) in [5.74, 6) is -0.144. The Morgan fingerprint density at radius 2 is 2.24 bits per heavy atom. The number of rotatable bonds is 5. The van der Waals surface area contributed by atoms with Crippen LogP contribution in [0.2, 0.25) is 5.02 Å². The molecule has 0 radical (unpaired) electrons. The van der Waals surface area contributed by atoms with Crippen LogP contribution in [0.25, 0.3) is 0 Å². The van der Waals surface area contributed by atoms with Crippen molar-refractivity contribution in [3.63, 3.8) is 0 Å². The zero-order chi connectivity index (χ0) is 15.2. The molecule has 21 heavy (non-hydrogen) atoms. The van der Waals surface area contributed by atoms with Crippen LogP contribution in [0.4, 0.5) is 5.69 Å². The lowest BCUT2D eigenvalue weighted by atomic mass is 10.2. The van der Waals surface area contributed by atoms with Gasteiger partial charge in [-0.1, -0.05) is 17.7 Å².